The maximum atomic E-state index is 11.9. The highest BCUT2D eigenvalue weighted by Gasteiger charge is 2.23. The van der Waals surface area contributed by atoms with E-state index in [0.717, 1.165) is 19.5 Å². The summed E-state index contributed by atoms with van der Waals surface area (Å²) in [5.41, 5.74) is 0.908. The molecule has 1 atom stereocenters. The van der Waals surface area contributed by atoms with E-state index in [9.17, 15) is 4.79 Å². The average Bonchev–Trinajstić information content (AvgIpc) is 2.35. The van der Waals surface area contributed by atoms with Crippen LogP contribution in [0.3, 0.4) is 0 Å². The van der Waals surface area contributed by atoms with E-state index in [1.165, 1.54) is 5.57 Å². The predicted molar refractivity (Wildman–Crippen MR) is 79.8 cm³/mol. The lowest BCUT2D eigenvalue weighted by molar-refractivity contribution is 0.0265. The number of carbonyl (C=O) groups excluding carboxylic acids is 1. The highest BCUT2D eigenvalue weighted by Crippen LogP contribution is 2.15. The Labute approximate surface area is 122 Å². The molecule has 1 heterocycles. The first-order valence-corrected chi connectivity index (χ1v) is 7.20. The van der Waals surface area contributed by atoms with E-state index in [1.807, 2.05) is 20.8 Å². The molecule has 0 aromatic carbocycles. The minimum absolute atomic E-state index is 0.228. The van der Waals surface area contributed by atoms with E-state index in [0.29, 0.717) is 19.2 Å². The van der Waals surface area contributed by atoms with Crippen LogP contribution < -0.4 is 5.32 Å². The minimum Gasteiger partial charge on any atom is -0.444 e. The Morgan fingerprint density at radius 2 is 2.20 bits per heavy atom. The van der Waals surface area contributed by atoms with Crippen molar-refractivity contribution in [3.05, 3.63) is 11.6 Å². The van der Waals surface area contributed by atoms with Gasteiger partial charge in [-0.3, -0.25) is 0 Å². The number of hydrogen-bond donors (Lipinski definition) is 1. The molecule has 5 heteroatoms. The summed E-state index contributed by atoms with van der Waals surface area (Å²) >= 11 is 0. The van der Waals surface area contributed by atoms with Crippen LogP contribution in [-0.4, -0.2) is 56.0 Å². The summed E-state index contributed by atoms with van der Waals surface area (Å²) in [7, 11) is 1.71. The molecule has 1 N–H and O–H groups in total. The lowest BCUT2D eigenvalue weighted by Crippen LogP contribution is -2.40. The van der Waals surface area contributed by atoms with Gasteiger partial charge in [-0.15, -0.1) is 0 Å². The Hall–Kier alpha value is -1.07. The average molecular weight is 284 g/mol. The molecule has 0 aromatic heterocycles. The van der Waals surface area contributed by atoms with Gasteiger partial charge >= 0.3 is 6.09 Å². The number of nitrogens with zero attached hydrogens (tertiary/aromatic N) is 1. The molecule has 0 aromatic rings. The van der Waals surface area contributed by atoms with Gasteiger partial charge in [0.05, 0.1) is 6.61 Å². The Kier molecular flexibility index (Phi) is 6.49. The third kappa shape index (κ3) is 6.39. The summed E-state index contributed by atoms with van der Waals surface area (Å²) in [5, 5.41) is 3.41. The van der Waals surface area contributed by atoms with E-state index in [1.54, 1.807) is 12.0 Å². The molecular weight excluding hydrogens is 256 g/mol. The number of amides is 1. The van der Waals surface area contributed by atoms with Crippen molar-refractivity contribution >= 4 is 6.09 Å². The number of nitrogens with one attached hydrogen (secondary N) is 1. The summed E-state index contributed by atoms with van der Waals surface area (Å²) in [6.07, 6.45) is 2.78. The van der Waals surface area contributed by atoms with Gasteiger partial charge in [0.2, 0.25) is 0 Å². The molecule has 5 nitrogen and oxygen atoms in total. The van der Waals surface area contributed by atoms with Crippen LogP contribution in [0.1, 0.15) is 34.1 Å². The topological polar surface area (TPSA) is 50.8 Å². The number of rotatable bonds is 5. The molecule has 0 fully saturated rings. The summed E-state index contributed by atoms with van der Waals surface area (Å²) < 4.78 is 10.5. The minimum atomic E-state index is -0.432. The predicted octanol–water partition coefficient (Wildman–Crippen LogP) is 2.18. The first kappa shape index (κ1) is 17.0. The zero-order valence-electron chi connectivity index (χ0n) is 13.4. The quantitative estimate of drug-likeness (QED) is 0.786. The number of carbonyl (C=O) groups is 1. The molecule has 1 amide bonds. The number of hydrogen-bond acceptors (Lipinski definition) is 4. The normalized spacial score (nSPS) is 17.6. The monoisotopic (exact) mass is 284 g/mol. The van der Waals surface area contributed by atoms with E-state index in [-0.39, 0.29) is 6.09 Å². The molecule has 0 radical (unpaired) electrons. The lowest BCUT2D eigenvalue weighted by atomic mass is 10.1. The second kappa shape index (κ2) is 7.64. The number of ether oxygens (including phenoxy) is 2. The molecule has 20 heavy (non-hydrogen) atoms. The molecule has 0 aliphatic carbocycles. The molecule has 0 saturated heterocycles. The van der Waals surface area contributed by atoms with Crippen LogP contribution in [0.15, 0.2) is 11.6 Å². The molecule has 1 aliphatic rings. The second-order valence-electron chi connectivity index (χ2n) is 6.28. The second-order valence-corrected chi connectivity index (χ2v) is 6.28. The largest absolute Gasteiger partial charge is 0.444 e. The van der Waals surface area contributed by atoms with Gasteiger partial charge < -0.3 is 19.7 Å². The van der Waals surface area contributed by atoms with Crippen LogP contribution in [0.4, 0.5) is 4.79 Å². The van der Waals surface area contributed by atoms with Crippen LogP contribution in [0.25, 0.3) is 0 Å². The molecule has 0 bridgehead atoms. The highest BCUT2D eigenvalue weighted by molar-refractivity contribution is 5.68. The van der Waals surface area contributed by atoms with Gasteiger partial charge in [-0.25, -0.2) is 4.79 Å². The molecule has 0 saturated carbocycles. The van der Waals surface area contributed by atoms with Crippen LogP contribution in [0.5, 0.6) is 0 Å². The fourth-order valence-electron chi connectivity index (χ4n) is 1.98. The van der Waals surface area contributed by atoms with Crippen molar-refractivity contribution in [3.8, 4) is 0 Å². The van der Waals surface area contributed by atoms with Crippen molar-refractivity contribution in [2.75, 3.05) is 33.4 Å². The molecule has 1 rings (SSSR count). The third-order valence-electron chi connectivity index (χ3n) is 3.05. The van der Waals surface area contributed by atoms with E-state index < -0.39 is 5.60 Å². The molecular formula is C15H28N2O3. The summed E-state index contributed by atoms with van der Waals surface area (Å²) in [5.74, 6) is 0. The summed E-state index contributed by atoms with van der Waals surface area (Å²) in [4.78, 5) is 13.7. The Balaban J connectivity index is 2.35. The zero-order chi connectivity index (χ0) is 15.2. The Bertz CT molecular complexity index is 348. The highest BCUT2D eigenvalue weighted by atomic mass is 16.6. The molecule has 116 valence electrons. The van der Waals surface area contributed by atoms with Crippen LogP contribution in [0.2, 0.25) is 0 Å². The van der Waals surface area contributed by atoms with Gasteiger partial charge in [-0.2, -0.15) is 0 Å². The van der Waals surface area contributed by atoms with E-state index in [2.05, 4.69) is 18.3 Å². The maximum Gasteiger partial charge on any atom is 0.410 e. The van der Waals surface area contributed by atoms with Gasteiger partial charge in [0, 0.05) is 32.8 Å². The Morgan fingerprint density at radius 1 is 1.50 bits per heavy atom. The van der Waals surface area contributed by atoms with Crippen molar-refractivity contribution in [2.24, 2.45) is 0 Å². The zero-order valence-corrected chi connectivity index (χ0v) is 13.4. The van der Waals surface area contributed by atoms with Gasteiger partial charge in [-0.1, -0.05) is 11.6 Å². The van der Waals surface area contributed by atoms with E-state index >= 15 is 0 Å². The van der Waals surface area contributed by atoms with Gasteiger partial charge in [0.15, 0.2) is 0 Å². The van der Waals surface area contributed by atoms with Crippen molar-refractivity contribution in [3.63, 3.8) is 0 Å². The smallest absolute Gasteiger partial charge is 0.410 e. The van der Waals surface area contributed by atoms with Gasteiger partial charge in [0.1, 0.15) is 5.60 Å². The summed E-state index contributed by atoms with van der Waals surface area (Å²) in [6, 6.07) is 0.338. The number of methoxy groups -OCH3 is 1. The third-order valence-corrected chi connectivity index (χ3v) is 3.05. The first-order valence-electron chi connectivity index (χ1n) is 7.20. The molecule has 1 unspecified atom stereocenters. The molecule has 0 spiro atoms. The lowest BCUT2D eigenvalue weighted by Gasteiger charge is -2.30. The van der Waals surface area contributed by atoms with Crippen molar-refractivity contribution in [2.45, 2.75) is 45.8 Å². The van der Waals surface area contributed by atoms with Crippen molar-refractivity contribution in [1.29, 1.82) is 0 Å². The van der Waals surface area contributed by atoms with Crippen molar-refractivity contribution in [1.82, 2.24) is 10.2 Å². The van der Waals surface area contributed by atoms with Gasteiger partial charge in [0.25, 0.3) is 0 Å². The van der Waals surface area contributed by atoms with Crippen LogP contribution >= 0.6 is 0 Å². The fraction of sp³-hybridized carbons (Fsp3) is 0.800. The SMILES string of the molecule is COCC(C)NCC1=CCN(C(=O)OC(C)(C)C)CC1. The maximum absolute atomic E-state index is 11.9. The Morgan fingerprint density at radius 3 is 2.70 bits per heavy atom. The van der Waals surface area contributed by atoms with Gasteiger partial charge in [-0.05, 0) is 34.1 Å². The summed E-state index contributed by atoms with van der Waals surface area (Å²) in [6.45, 7) is 10.7. The van der Waals surface area contributed by atoms with Crippen LogP contribution in [-0.2, 0) is 9.47 Å². The fourth-order valence-corrected chi connectivity index (χ4v) is 1.98. The molecule has 1 aliphatic heterocycles. The first-order chi connectivity index (χ1) is 9.31. The standard InChI is InChI=1S/C15H28N2O3/c1-12(11-19-5)16-10-13-6-8-17(9-7-13)14(18)20-15(2,3)4/h6,12,16H,7-11H2,1-5H3. The van der Waals surface area contributed by atoms with E-state index in [4.69, 9.17) is 9.47 Å². The van der Waals surface area contributed by atoms with Crippen LogP contribution in [0, 0.1) is 0 Å². The van der Waals surface area contributed by atoms with Crippen molar-refractivity contribution < 1.29 is 14.3 Å².